The van der Waals surface area contributed by atoms with Crippen LogP contribution in [0.25, 0.3) is 0 Å². The molecule has 94 valence electrons. The first-order chi connectivity index (χ1) is 8.46. The van der Waals surface area contributed by atoms with Crippen LogP contribution in [-0.4, -0.2) is 35.5 Å². The second-order valence-electron chi connectivity index (χ2n) is 5.18. The van der Waals surface area contributed by atoms with Gasteiger partial charge in [0, 0.05) is 18.8 Å². The average molecular weight is 246 g/mol. The third kappa shape index (κ3) is 1.67. The molecular formula is C13H14N2O3. The van der Waals surface area contributed by atoms with E-state index in [1.165, 1.54) is 0 Å². The molecule has 1 saturated heterocycles. The van der Waals surface area contributed by atoms with E-state index in [4.69, 9.17) is 0 Å². The molecule has 2 N–H and O–H groups in total. The molecule has 0 aromatic heterocycles. The van der Waals surface area contributed by atoms with Crippen molar-refractivity contribution in [3.63, 3.8) is 0 Å². The number of hydrogen-bond acceptors (Lipinski definition) is 4. The molecule has 1 atom stereocenters. The van der Waals surface area contributed by atoms with Crippen molar-refractivity contribution < 1.29 is 14.7 Å². The van der Waals surface area contributed by atoms with Crippen molar-refractivity contribution in [1.29, 1.82) is 0 Å². The molecule has 0 saturated carbocycles. The lowest BCUT2D eigenvalue weighted by Gasteiger charge is -2.21. The Morgan fingerprint density at radius 1 is 1.39 bits per heavy atom. The summed E-state index contributed by atoms with van der Waals surface area (Å²) in [6.07, 6.45) is 0.718. The number of rotatable bonds is 1. The fourth-order valence-electron chi connectivity index (χ4n) is 2.50. The SMILES string of the molecule is CC1(O)CCN(c2ccc3c(c2)NC(=O)C3=O)C1. The number of ketones is 1. The fraction of sp³-hybridized carbons (Fsp3) is 0.385. The number of nitrogens with one attached hydrogen (secondary N) is 1. The van der Waals surface area contributed by atoms with E-state index in [0.717, 1.165) is 18.7 Å². The van der Waals surface area contributed by atoms with Gasteiger partial charge in [-0.3, -0.25) is 9.59 Å². The summed E-state index contributed by atoms with van der Waals surface area (Å²) in [6, 6.07) is 5.27. The molecule has 2 aliphatic heterocycles. The summed E-state index contributed by atoms with van der Waals surface area (Å²) in [5, 5.41) is 12.5. The normalized spacial score (nSPS) is 26.4. The molecule has 1 aromatic rings. The molecule has 1 aromatic carbocycles. The Bertz CT molecular complexity index is 551. The zero-order valence-corrected chi connectivity index (χ0v) is 10.1. The first-order valence-corrected chi connectivity index (χ1v) is 5.93. The van der Waals surface area contributed by atoms with Crippen molar-refractivity contribution in [2.75, 3.05) is 23.3 Å². The zero-order chi connectivity index (χ0) is 12.9. The molecule has 0 spiro atoms. The number of hydrogen-bond donors (Lipinski definition) is 2. The number of fused-ring (bicyclic) bond motifs is 1. The molecular weight excluding hydrogens is 232 g/mol. The number of aliphatic hydroxyl groups is 1. The molecule has 2 heterocycles. The van der Waals surface area contributed by atoms with E-state index >= 15 is 0 Å². The van der Waals surface area contributed by atoms with Crippen LogP contribution in [0.4, 0.5) is 11.4 Å². The highest BCUT2D eigenvalue weighted by atomic mass is 16.3. The van der Waals surface area contributed by atoms with Crippen LogP contribution in [0.15, 0.2) is 18.2 Å². The second kappa shape index (κ2) is 3.55. The molecule has 18 heavy (non-hydrogen) atoms. The van der Waals surface area contributed by atoms with Gasteiger partial charge in [0.1, 0.15) is 0 Å². The second-order valence-corrected chi connectivity index (χ2v) is 5.18. The molecule has 1 unspecified atom stereocenters. The number of anilines is 2. The molecule has 5 heteroatoms. The summed E-state index contributed by atoms with van der Waals surface area (Å²) >= 11 is 0. The number of β-amino-alcohol motifs (C(OH)–C–C–N with tert-alkyl or cyclic N) is 1. The van der Waals surface area contributed by atoms with Crippen molar-refractivity contribution in [3.05, 3.63) is 23.8 Å². The van der Waals surface area contributed by atoms with E-state index in [2.05, 4.69) is 10.2 Å². The van der Waals surface area contributed by atoms with Gasteiger partial charge < -0.3 is 15.3 Å². The van der Waals surface area contributed by atoms with Gasteiger partial charge in [-0.05, 0) is 31.5 Å². The topological polar surface area (TPSA) is 69.6 Å². The molecule has 1 amide bonds. The van der Waals surface area contributed by atoms with Gasteiger partial charge in [-0.25, -0.2) is 0 Å². The summed E-state index contributed by atoms with van der Waals surface area (Å²) in [5.74, 6) is -1.06. The highest BCUT2D eigenvalue weighted by Crippen LogP contribution is 2.32. The monoisotopic (exact) mass is 246 g/mol. The Morgan fingerprint density at radius 3 is 2.83 bits per heavy atom. The van der Waals surface area contributed by atoms with Crippen LogP contribution in [0.1, 0.15) is 23.7 Å². The van der Waals surface area contributed by atoms with Crippen molar-refractivity contribution in [2.24, 2.45) is 0 Å². The van der Waals surface area contributed by atoms with Crippen LogP contribution in [0.5, 0.6) is 0 Å². The number of amides is 1. The molecule has 5 nitrogen and oxygen atoms in total. The summed E-state index contributed by atoms with van der Waals surface area (Å²) in [4.78, 5) is 24.8. The largest absolute Gasteiger partial charge is 0.388 e. The average Bonchev–Trinajstić information content (AvgIpc) is 2.80. The predicted molar refractivity (Wildman–Crippen MR) is 66.9 cm³/mol. The third-order valence-corrected chi connectivity index (χ3v) is 3.52. The van der Waals surface area contributed by atoms with Crippen LogP contribution < -0.4 is 10.2 Å². The Hall–Kier alpha value is -1.88. The van der Waals surface area contributed by atoms with E-state index in [1.54, 1.807) is 12.1 Å². The quantitative estimate of drug-likeness (QED) is 0.718. The maximum Gasteiger partial charge on any atom is 0.296 e. The fourth-order valence-corrected chi connectivity index (χ4v) is 2.50. The van der Waals surface area contributed by atoms with Crippen LogP contribution in [0, 0.1) is 0 Å². The van der Waals surface area contributed by atoms with Crippen molar-refractivity contribution in [1.82, 2.24) is 0 Å². The van der Waals surface area contributed by atoms with Crippen molar-refractivity contribution in [3.8, 4) is 0 Å². The van der Waals surface area contributed by atoms with Gasteiger partial charge in [0.15, 0.2) is 0 Å². The van der Waals surface area contributed by atoms with Gasteiger partial charge in [-0.15, -0.1) is 0 Å². The number of benzene rings is 1. The van der Waals surface area contributed by atoms with E-state index in [-0.39, 0.29) is 0 Å². The molecule has 1 fully saturated rings. The van der Waals surface area contributed by atoms with Gasteiger partial charge in [-0.1, -0.05) is 0 Å². The standard InChI is InChI=1S/C13H14N2O3/c1-13(18)4-5-15(7-13)8-2-3-9-10(6-8)14-12(17)11(9)16/h2-3,6,18H,4-5,7H2,1H3,(H,14,16,17). The Kier molecular flexibility index (Phi) is 2.22. The minimum Gasteiger partial charge on any atom is -0.388 e. The number of nitrogens with zero attached hydrogens (tertiary/aromatic N) is 1. The van der Waals surface area contributed by atoms with Crippen molar-refractivity contribution >= 4 is 23.1 Å². The highest BCUT2D eigenvalue weighted by Gasteiger charge is 2.33. The summed E-state index contributed by atoms with van der Waals surface area (Å²) in [6.45, 7) is 3.15. The Labute approximate surface area is 104 Å². The molecule has 0 aliphatic carbocycles. The maximum atomic E-state index is 11.5. The van der Waals surface area contributed by atoms with Gasteiger partial charge in [0.2, 0.25) is 0 Å². The van der Waals surface area contributed by atoms with Crippen LogP contribution in [0.2, 0.25) is 0 Å². The van der Waals surface area contributed by atoms with E-state index in [9.17, 15) is 14.7 Å². The maximum absolute atomic E-state index is 11.5. The lowest BCUT2D eigenvalue weighted by Crippen LogP contribution is -2.29. The molecule has 0 radical (unpaired) electrons. The zero-order valence-electron chi connectivity index (χ0n) is 10.1. The summed E-state index contributed by atoms with van der Waals surface area (Å²) in [5.41, 5.74) is 1.24. The number of Topliss-reactive ketones (excluding diaryl/α,β-unsaturated/α-hetero) is 1. The van der Waals surface area contributed by atoms with Gasteiger partial charge in [0.25, 0.3) is 11.7 Å². The lowest BCUT2D eigenvalue weighted by atomic mass is 10.1. The van der Waals surface area contributed by atoms with Gasteiger partial charge >= 0.3 is 0 Å². The van der Waals surface area contributed by atoms with E-state index in [0.29, 0.717) is 17.8 Å². The predicted octanol–water partition coefficient (Wildman–Crippen LogP) is 0.782. The van der Waals surface area contributed by atoms with Crippen molar-refractivity contribution in [2.45, 2.75) is 18.9 Å². The molecule has 3 rings (SSSR count). The summed E-state index contributed by atoms with van der Waals surface area (Å²) < 4.78 is 0. The van der Waals surface area contributed by atoms with E-state index < -0.39 is 17.3 Å². The number of carbonyl (C=O) groups is 2. The lowest BCUT2D eigenvalue weighted by molar-refractivity contribution is -0.112. The first-order valence-electron chi connectivity index (χ1n) is 5.93. The van der Waals surface area contributed by atoms with Gasteiger partial charge in [0.05, 0.1) is 16.9 Å². The van der Waals surface area contributed by atoms with Crippen LogP contribution in [-0.2, 0) is 4.79 Å². The smallest absolute Gasteiger partial charge is 0.296 e. The van der Waals surface area contributed by atoms with E-state index in [1.807, 2.05) is 13.0 Å². The molecule has 2 aliphatic rings. The summed E-state index contributed by atoms with van der Waals surface area (Å²) in [7, 11) is 0. The van der Waals surface area contributed by atoms with Crippen LogP contribution in [0.3, 0.4) is 0 Å². The highest BCUT2D eigenvalue weighted by molar-refractivity contribution is 6.51. The number of carbonyl (C=O) groups excluding carboxylic acids is 2. The first kappa shape index (κ1) is 11.2. The Balaban J connectivity index is 1.91. The Morgan fingerprint density at radius 2 is 2.17 bits per heavy atom. The minimum atomic E-state index is -0.669. The molecule has 0 bridgehead atoms. The third-order valence-electron chi connectivity index (χ3n) is 3.52. The van der Waals surface area contributed by atoms with Gasteiger partial charge in [-0.2, -0.15) is 0 Å². The van der Waals surface area contributed by atoms with Crippen LogP contribution >= 0.6 is 0 Å². The minimum absolute atomic E-state index is 0.426.